The molecular weight excluding hydrogens is 1180 g/mol. The van der Waals surface area contributed by atoms with Crippen LogP contribution >= 0.6 is 0 Å². The molecule has 0 saturated carbocycles. The van der Waals surface area contributed by atoms with Crippen molar-refractivity contribution in [3.63, 3.8) is 0 Å². The molecule has 0 unspecified atom stereocenters. The Morgan fingerprint density at radius 3 is 0.621 bits per heavy atom. The summed E-state index contributed by atoms with van der Waals surface area (Å²) in [7, 11) is 0. The smallest absolute Gasteiger partial charge is 0.221 e. The van der Waals surface area contributed by atoms with Gasteiger partial charge < -0.3 is 41.7 Å². The molecule has 562 valence electrons. The van der Waals surface area contributed by atoms with E-state index >= 15 is 0 Å². The Balaban J connectivity index is 5.83. The zero-order valence-electron chi connectivity index (χ0n) is 64.2. The summed E-state index contributed by atoms with van der Waals surface area (Å²) in [4.78, 5) is 71.1. The first-order chi connectivity index (χ1) is 46.7. The molecule has 13 heteroatoms. The zero-order chi connectivity index (χ0) is 69.1. The normalized spacial score (nSPS) is 11.6. The Bertz CT molecular complexity index is 1550. The number of unbranched alkanes of at least 4 members (excludes halogenated alkanes) is 45. The molecule has 0 saturated heterocycles. The third-order valence-corrected chi connectivity index (χ3v) is 19.9. The van der Waals surface area contributed by atoms with E-state index in [2.05, 4.69) is 76.3 Å². The van der Waals surface area contributed by atoms with Crippen LogP contribution in [0.1, 0.15) is 407 Å². The molecule has 0 aliphatic carbocycles. The lowest BCUT2D eigenvalue weighted by atomic mass is 9.93. The Morgan fingerprint density at radius 1 is 0.211 bits per heavy atom. The predicted octanol–water partition coefficient (Wildman–Crippen LogP) is 20.1. The molecule has 5 amide bonds. The Hall–Kier alpha value is -2.77. The van der Waals surface area contributed by atoms with Gasteiger partial charge in [-0.1, -0.05) is 324 Å². The van der Waals surface area contributed by atoms with Gasteiger partial charge in [0, 0.05) is 111 Å². The van der Waals surface area contributed by atoms with Crippen molar-refractivity contribution in [1.82, 2.24) is 41.7 Å². The van der Waals surface area contributed by atoms with Gasteiger partial charge in [0.25, 0.3) is 0 Å². The van der Waals surface area contributed by atoms with Crippen LogP contribution in [0.3, 0.4) is 0 Å². The second-order valence-electron chi connectivity index (χ2n) is 29.1. The average Bonchev–Trinajstić information content (AvgIpc) is 3.73. The molecule has 0 bridgehead atoms. The minimum absolute atomic E-state index is 0.0840. The van der Waals surface area contributed by atoms with Gasteiger partial charge >= 0.3 is 0 Å². The second kappa shape index (κ2) is 77.0. The van der Waals surface area contributed by atoms with Crippen LogP contribution in [-0.4, -0.2) is 124 Å². The van der Waals surface area contributed by atoms with E-state index in [1.807, 2.05) is 0 Å². The summed E-state index contributed by atoms with van der Waals surface area (Å²) in [5.41, 5.74) is 0. The van der Waals surface area contributed by atoms with Crippen LogP contribution in [0, 0.1) is 5.92 Å². The Labute approximate surface area is 590 Å². The SMILES string of the molecule is CCCCCCCCCCCCNC(=O)CCC(CCC(=O)NCCCCCCCCCCCC)CCN(CCNCCN(CCC(=O)NCCCCCCCCCCCC)CCC(=O)NCCCCCCCCCCCC)CCC(=O)NCCCCCCCCCCCC. The summed E-state index contributed by atoms with van der Waals surface area (Å²) in [6, 6.07) is 0. The first-order valence-electron chi connectivity index (χ1n) is 42.2. The second-order valence-corrected chi connectivity index (χ2v) is 29.1. The first kappa shape index (κ1) is 92.2. The molecule has 0 aromatic carbocycles. The van der Waals surface area contributed by atoms with Crippen LogP contribution < -0.4 is 31.9 Å². The van der Waals surface area contributed by atoms with Crippen LogP contribution in [-0.2, 0) is 24.0 Å². The molecule has 95 heavy (non-hydrogen) atoms. The van der Waals surface area contributed by atoms with E-state index in [9.17, 15) is 24.0 Å². The van der Waals surface area contributed by atoms with Gasteiger partial charge in [-0.3, -0.25) is 24.0 Å². The van der Waals surface area contributed by atoms with Gasteiger partial charge in [0.2, 0.25) is 29.5 Å². The number of rotatable bonds is 79. The fourth-order valence-electron chi connectivity index (χ4n) is 13.2. The van der Waals surface area contributed by atoms with Crippen molar-refractivity contribution in [3.8, 4) is 0 Å². The maximum Gasteiger partial charge on any atom is 0.221 e. The van der Waals surface area contributed by atoms with Crippen LogP contribution in [0.4, 0.5) is 0 Å². The number of nitrogens with one attached hydrogen (secondary N) is 6. The lowest BCUT2D eigenvalue weighted by Gasteiger charge is -2.26. The van der Waals surface area contributed by atoms with Gasteiger partial charge in [-0.15, -0.1) is 0 Å². The molecular formula is C82H164N8O5. The fraction of sp³-hybridized carbons (Fsp3) is 0.939. The van der Waals surface area contributed by atoms with Gasteiger partial charge in [0.05, 0.1) is 0 Å². The number of carbonyl (C=O) groups excluding carboxylic acids is 5. The summed E-state index contributed by atoms with van der Waals surface area (Å²) < 4.78 is 0. The van der Waals surface area contributed by atoms with E-state index in [4.69, 9.17) is 0 Å². The van der Waals surface area contributed by atoms with Crippen LogP contribution in [0.5, 0.6) is 0 Å². The number of hydrogen-bond acceptors (Lipinski definition) is 8. The van der Waals surface area contributed by atoms with Crippen molar-refractivity contribution >= 4 is 29.5 Å². The molecule has 0 aliphatic heterocycles. The van der Waals surface area contributed by atoms with Crippen molar-refractivity contribution in [2.45, 2.75) is 407 Å². The summed E-state index contributed by atoms with van der Waals surface area (Å²) in [6.45, 7) is 20.6. The quantitative estimate of drug-likeness (QED) is 0.0328. The molecule has 0 spiro atoms. The van der Waals surface area contributed by atoms with Crippen LogP contribution in [0.15, 0.2) is 0 Å². The van der Waals surface area contributed by atoms with Crippen molar-refractivity contribution in [2.24, 2.45) is 5.92 Å². The van der Waals surface area contributed by atoms with E-state index in [1.165, 1.54) is 257 Å². The highest BCUT2D eigenvalue weighted by atomic mass is 16.2. The Kier molecular flexibility index (Phi) is 74.7. The first-order valence-corrected chi connectivity index (χ1v) is 42.2. The molecule has 0 radical (unpaired) electrons. The molecule has 0 atom stereocenters. The number of carbonyl (C=O) groups is 5. The van der Waals surface area contributed by atoms with Crippen molar-refractivity contribution in [2.75, 3.05) is 85.1 Å². The van der Waals surface area contributed by atoms with E-state index < -0.39 is 0 Å². The third kappa shape index (κ3) is 72.3. The number of amides is 5. The predicted molar refractivity (Wildman–Crippen MR) is 410 cm³/mol. The summed E-state index contributed by atoms with van der Waals surface area (Å²) in [5.74, 6) is 0.696. The van der Waals surface area contributed by atoms with Gasteiger partial charge in [-0.25, -0.2) is 0 Å². The molecule has 0 aliphatic rings. The molecule has 0 aromatic heterocycles. The summed E-state index contributed by atoms with van der Waals surface area (Å²) >= 11 is 0. The summed E-state index contributed by atoms with van der Waals surface area (Å²) in [6.07, 6.45) is 68.0. The van der Waals surface area contributed by atoms with Crippen molar-refractivity contribution < 1.29 is 24.0 Å². The zero-order valence-corrected chi connectivity index (χ0v) is 64.2. The van der Waals surface area contributed by atoms with Gasteiger partial charge in [0.1, 0.15) is 0 Å². The topological polar surface area (TPSA) is 164 Å². The maximum absolute atomic E-state index is 13.4. The number of hydrogen-bond donors (Lipinski definition) is 6. The highest BCUT2D eigenvalue weighted by Gasteiger charge is 2.18. The largest absolute Gasteiger partial charge is 0.356 e. The van der Waals surface area contributed by atoms with Gasteiger partial charge in [-0.05, 0) is 63.8 Å². The lowest BCUT2D eigenvalue weighted by Crippen LogP contribution is -2.40. The van der Waals surface area contributed by atoms with Crippen LogP contribution in [0.2, 0.25) is 0 Å². The van der Waals surface area contributed by atoms with E-state index in [-0.39, 0.29) is 35.5 Å². The highest BCUT2D eigenvalue weighted by molar-refractivity contribution is 5.77. The van der Waals surface area contributed by atoms with E-state index in [1.54, 1.807) is 0 Å². The number of nitrogens with zero attached hydrogens (tertiary/aromatic N) is 2. The maximum atomic E-state index is 13.4. The molecule has 13 nitrogen and oxygen atoms in total. The molecule has 0 aromatic rings. The minimum Gasteiger partial charge on any atom is -0.356 e. The average molecular weight is 1340 g/mol. The van der Waals surface area contributed by atoms with Crippen LogP contribution in [0.25, 0.3) is 0 Å². The molecule has 0 rings (SSSR count). The van der Waals surface area contributed by atoms with Crippen molar-refractivity contribution in [1.29, 1.82) is 0 Å². The van der Waals surface area contributed by atoms with Gasteiger partial charge in [0.15, 0.2) is 0 Å². The third-order valence-electron chi connectivity index (χ3n) is 19.9. The minimum atomic E-state index is 0.0840. The lowest BCUT2D eigenvalue weighted by molar-refractivity contribution is -0.123. The van der Waals surface area contributed by atoms with E-state index in [0.717, 1.165) is 149 Å². The molecule has 0 heterocycles. The van der Waals surface area contributed by atoms with E-state index in [0.29, 0.717) is 51.7 Å². The standard InChI is InChI=1S/C82H164N8O5/c1-6-11-16-21-26-31-36-41-46-51-64-84-78(91)58-56-77(57-59-79(92)85-65-52-47-42-37-32-27-22-17-12-7-2)60-71-89(72-61-80(93)86-66-53-48-43-38-33-28-23-18-13-8-3)75-69-83-70-76-90(73-62-81(94)87-67-54-49-44-39-34-29-24-19-14-9-4)74-63-82(95)88-68-55-50-45-40-35-30-25-20-15-10-5/h77,83H,6-76H2,1-5H3,(H,84,91)(H,85,92)(H,86,93)(H,87,94)(H,88,95). The van der Waals surface area contributed by atoms with Gasteiger partial charge in [-0.2, -0.15) is 0 Å². The summed E-state index contributed by atoms with van der Waals surface area (Å²) in [5, 5.41) is 19.8. The monoisotopic (exact) mass is 1340 g/mol. The highest BCUT2D eigenvalue weighted by Crippen LogP contribution is 2.21. The Morgan fingerprint density at radius 2 is 0.400 bits per heavy atom. The fourth-order valence-corrected chi connectivity index (χ4v) is 13.2. The molecule has 6 N–H and O–H groups in total. The van der Waals surface area contributed by atoms with Crippen molar-refractivity contribution in [3.05, 3.63) is 0 Å². The molecule has 0 fully saturated rings.